The van der Waals surface area contributed by atoms with E-state index in [0.717, 1.165) is 25.7 Å². The van der Waals surface area contributed by atoms with Crippen LogP contribution in [0.3, 0.4) is 0 Å². The van der Waals surface area contributed by atoms with Crippen molar-refractivity contribution >= 4 is 11.9 Å². The molecule has 0 spiro atoms. The summed E-state index contributed by atoms with van der Waals surface area (Å²) in [6.45, 7) is 8.43. The van der Waals surface area contributed by atoms with Crippen LogP contribution in [0.4, 0.5) is 0 Å². The van der Waals surface area contributed by atoms with Crippen molar-refractivity contribution in [1.29, 1.82) is 0 Å². The molecule has 0 aromatic carbocycles. The summed E-state index contributed by atoms with van der Waals surface area (Å²) in [5.74, 6) is -0.791. The lowest BCUT2D eigenvalue weighted by atomic mass is 9.92. The number of nitrogens with one attached hydrogen (secondary N) is 1. The first-order valence-corrected chi connectivity index (χ1v) is 7.16. The van der Waals surface area contributed by atoms with Crippen LogP contribution in [0.25, 0.3) is 0 Å². The molecule has 2 saturated carbocycles. The van der Waals surface area contributed by atoms with Crippen LogP contribution >= 0.6 is 0 Å². The normalized spacial score (nSPS) is 26.9. The summed E-state index contributed by atoms with van der Waals surface area (Å²) in [7, 11) is 0. The fourth-order valence-corrected chi connectivity index (χ4v) is 3.87. The maximum Gasteiger partial charge on any atom is 0.305 e. The molecule has 4 heteroatoms. The third-order valence-electron chi connectivity index (χ3n) is 5.72. The smallest absolute Gasteiger partial charge is 0.305 e. The van der Waals surface area contributed by atoms with E-state index in [1.54, 1.807) is 0 Å². The van der Waals surface area contributed by atoms with Crippen molar-refractivity contribution in [1.82, 2.24) is 5.32 Å². The van der Waals surface area contributed by atoms with E-state index in [0.29, 0.717) is 0 Å². The molecule has 1 amide bonds. The number of carboxylic acid groups (broad SMARTS) is 1. The first-order chi connectivity index (χ1) is 8.62. The Balaban J connectivity index is 2.07. The minimum atomic E-state index is -0.823. The maximum atomic E-state index is 12.5. The molecule has 2 aliphatic carbocycles. The van der Waals surface area contributed by atoms with Gasteiger partial charge in [-0.05, 0) is 23.7 Å². The topological polar surface area (TPSA) is 66.4 Å². The van der Waals surface area contributed by atoms with Crippen molar-refractivity contribution in [2.75, 3.05) is 0 Å². The van der Waals surface area contributed by atoms with Gasteiger partial charge in [0.05, 0.1) is 12.0 Å². The Labute approximate surface area is 115 Å². The van der Waals surface area contributed by atoms with Crippen LogP contribution in [0, 0.1) is 16.7 Å². The molecule has 0 aliphatic heterocycles. The molecular formula is C15H25NO3. The molecule has 0 unspecified atom stereocenters. The molecule has 0 saturated heterocycles. The largest absolute Gasteiger partial charge is 0.481 e. The summed E-state index contributed by atoms with van der Waals surface area (Å²) in [6.07, 6.45) is 3.64. The molecule has 0 aromatic heterocycles. The van der Waals surface area contributed by atoms with Crippen LogP contribution in [-0.4, -0.2) is 22.5 Å². The molecule has 2 rings (SSSR count). The van der Waals surface area contributed by atoms with E-state index < -0.39 is 11.5 Å². The molecular weight excluding hydrogens is 242 g/mol. The quantitative estimate of drug-likeness (QED) is 0.822. The van der Waals surface area contributed by atoms with Crippen molar-refractivity contribution in [3.63, 3.8) is 0 Å². The first kappa shape index (κ1) is 14.4. The highest BCUT2D eigenvalue weighted by atomic mass is 16.4. The molecule has 0 radical (unpaired) electrons. The Morgan fingerprint density at radius 1 is 1.11 bits per heavy atom. The third-order valence-corrected chi connectivity index (χ3v) is 5.72. The van der Waals surface area contributed by atoms with Gasteiger partial charge in [0.1, 0.15) is 0 Å². The van der Waals surface area contributed by atoms with Crippen LogP contribution < -0.4 is 5.32 Å². The number of hydrogen-bond donors (Lipinski definition) is 2. The number of rotatable bonds is 4. The van der Waals surface area contributed by atoms with Gasteiger partial charge in [-0.2, -0.15) is 0 Å². The molecule has 4 nitrogen and oxygen atoms in total. The molecule has 2 fully saturated rings. The van der Waals surface area contributed by atoms with E-state index >= 15 is 0 Å². The minimum Gasteiger partial charge on any atom is -0.481 e. The SMILES string of the molecule is CC1(C)C(C(=O)NC2(CC(=O)O)CCCC2)C1(C)C. The zero-order chi connectivity index (χ0) is 14.5. The molecule has 0 atom stereocenters. The zero-order valence-corrected chi connectivity index (χ0v) is 12.4. The number of hydrogen-bond acceptors (Lipinski definition) is 2. The first-order valence-electron chi connectivity index (χ1n) is 7.16. The van der Waals surface area contributed by atoms with Crippen LogP contribution in [0.15, 0.2) is 0 Å². The predicted molar refractivity (Wildman–Crippen MR) is 72.6 cm³/mol. The van der Waals surface area contributed by atoms with Gasteiger partial charge in [-0.1, -0.05) is 40.5 Å². The Kier molecular flexibility index (Phi) is 3.19. The molecule has 19 heavy (non-hydrogen) atoms. The van der Waals surface area contributed by atoms with Gasteiger partial charge < -0.3 is 10.4 Å². The van der Waals surface area contributed by atoms with Crippen molar-refractivity contribution in [2.45, 2.75) is 65.3 Å². The molecule has 0 heterocycles. The van der Waals surface area contributed by atoms with Crippen LogP contribution in [0.5, 0.6) is 0 Å². The summed E-state index contributed by atoms with van der Waals surface area (Å²) in [5.41, 5.74) is -0.502. The maximum absolute atomic E-state index is 12.5. The van der Waals surface area contributed by atoms with Gasteiger partial charge in [-0.3, -0.25) is 9.59 Å². The Bertz CT molecular complexity index is 392. The summed E-state index contributed by atoms with van der Waals surface area (Å²) >= 11 is 0. The monoisotopic (exact) mass is 267 g/mol. The fourth-order valence-electron chi connectivity index (χ4n) is 3.87. The lowest BCUT2D eigenvalue weighted by Crippen LogP contribution is -2.49. The summed E-state index contributed by atoms with van der Waals surface area (Å²) in [4.78, 5) is 23.5. The van der Waals surface area contributed by atoms with E-state index in [9.17, 15) is 9.59 Å². The Hall–Kier alpha value is -1.06. The summed E-state index contributed by atoms with van der Waals surface area (Å²) in [6, 6.07) is 0. The van der Waals surface area contributed by atoms with Gasteiger partial charge in [0.2, 0.25) is 5.91 Å². The van der Waals surface area contributed by atoms with Gasteiger partial charge in [0.25, 0.3) is 0 Å². The van der Waals surface area contributed by atoms with Gasteiger partial charge in [0, 0.05) is 5.92 Å². The second kappa shape index (κ2) is 4.22. The predicted octanol–water partition coefficient (Wildman–Crippen LogP) is 2.57. The average molecular weight is 267 g/mol. The van der Waals surface area contributed by atoms with Gasteiger partial charge in [0.15, 0.2) is 0 Å². The van der Waals surface area contributed by atoms with Crippen molar-refractivity contribution in [3.05, 3.63) is 0 Å². The van der Waals surface area contributed by atoms with Crippen LogP contribution in [0.1, 0.15) is 59.8 Å². The molecule has 0 aromatic rings. The second-order valence-corrected chi connectivity index (χ2v) is 7.42. The van der Waals surface area contributed by atoms with Crippen molar-refractivity contribution in [2.24, 2.45) is 16.7 Å². The standard InChI is InChI=1S/C15H25NO3/c1-13(2)11(14(13,3)4)12(19)16-15(9-10(17)18)7-5-6-8-15/h11H,5-9H2,1-4H3,(H,16,19)(H,17,18). The van der Waals surface area contributed by atoms with E-state index in [1.165, 1.54) is 0 Å². The third kappa shape index (κ3) is 2.26. The fraction of sp³-hybridized carbons (Fsp3) is 0.867. The van der Waals surface area contributed by atoms with Crippen molar-refractivity contribution < 1.29 is 14.7 Å². The van der Waals surface area contributed by atoms with Crippen LogP contribution in [0.2, 0.25) is 0 Å². The van der Waals surface area contributed by atoms with Gasteiger partial charge in [-0.25, -0.2) is 0 Å². The number of carboxylic acids is 1. The minimum absolute atomic E-state index is 0.000100. The van der Waals surface area contributed by atoms with Gasteiger partial charge in [-0.15, -0.1) is 0 Å². The highest BCUT2D eigenvalue weighted by molar-refractivity contribution is 5.85. The Morgan fingerprint density at radius 2 is 1.58 bits per heavy atom. The van der Waals surface area contributed by atoms with E-state index in [1.807, 2.05) is 0 Å². The number of amides is 1. The summed E-state index contributed by atoms with van der Waals surface area (Å²) < 4.78 is 0. The molecule has 0 bridgehead atoms. The second-order valence-electron chi connectivity index (χ2n) is 7.42. The van der Waals surface area contributed by atoms with Crippen LogP contribution in [-0.2, 0) is 9.59 Å². The van der Waals surface area contributed by atoms with E-state index in [-0.39, 0.29) is 29.1 Å². The number of carbonyl (C=O) groups is 2. The van der Waals surface area contributed by atoms with E-state index in [4.69, 9.17) is 5.11 Å². The number of carbonyl (C=O) groups excluding carboxylic acids is 1. The zero-order valence-electron chi connectivity index (χ0n) is 12.4. The molecule has 108 valence electrons. The summed E-state index contributed by atoms with van der Waals surface area (Å²) in [5, 5.41) is 12.1. The molecule has 2 N–H and O–H groups in total. The van der Waals surface area contributed by atoms with Gasteiger partial charge >= 0.3 is 5.97 Å². The lowest BCUT2D eigenvalue weighted by molar-refractivity contribution is -0.139. The van der Waals surface area contributed by atoms with Crippen molar-refractivity contribution in [3.8, 4) is 0 Å². The highest BCUT2D eigenvalue weighted by Gasteiger charge is 2.68. The average Bonchev–Trinajstić information content (AvgIpc) is 2.58. The lowest BCUT2D eigenvalue weighted by Gasteiger charge is -2.29. The highest BCUT2D eigenvalue weighted by Crippen LogP contribution is 2.68. The van der Waals surface area contributed by atoms with E-state index in [2.05, 4.69) is 33.0 Å². The molecule has 2 aliphatic rings. The Morgan fingerprint density at radius 3 is 1.95 bits per heavy atom. The number of aliphatic carboxylic acids is 1.